The Morgan fingerprint density at radius 1 is 1.26 bits per heavy atom. The lowest BCUT2D eigenvalue weighted by molar-refractivity contribution is -0.137. The van der Waals surface area contributed by atoms with E-state index in [9.17, 15) is 14.4 Å². The SMILES string of the molecule is NC(=O)[C@H](CCC(=O)O)N1Cc2cc(C[C@H]3CCCC[C@@H]3N)ccc2C1=O. The van der Waals surface area contributed by atoms with Crippen LogP contribution in [0.2, 0.25) is 0 Å². The zero-order chi connectivity index (χ0) is 19.6. The Morgan fingerprint density at radius 2 is 2.00 bits per heavy atom. The number of primary amides is 1. The molecule has 7 nitrogen and oxygen atoms in total. The average molecular weight is 373 g/mol. The van der Waals surface area contributed by atoms with Crippen LogP contribution >= 0.6 is 0 Å². The van der Waals surface area contributed by atoms with Gasteiger partial charge in [0, 0.05) is 24.6 Å². The fourth-order valence-corrected chi connectivity index (χ4v) is 4.28. The Hall–Kier alpha value is -2.41. The number of nitrogens with two attached hydrogens (primary N) is 2. The molecular formula is C20H27N3O4. The Balaban J connectivity index is 1.74. The van der Waals surface area contributed by atoms with Gasteiger partial charge in [0.15, 0.2) is 0 Å². The van der Waals surface area contributed by atoms with Gasteiger partial charge in [-0.15, -0.1) is 0 Å². The van der Waals surface area contributed by atoms with Crippen LogP contribution in [0.1, 0.15) is 60.0 Å². The number of carboxylic acids is 1. The van der Waals surface area contributed by atoms with E-state index in [0.717, 1.165) is 30.4 Å². The summed E-state index contributed by atoms with van der Waals surface area (Å²) in [5, 5.41) is 8.87. The van der Waals surface area contributed by atoms with Crippen LogP contribution in [0.3, 0.4) is 0 Å². The first-order valence-corrected chi connectivity index (χ1v) is 9.56. The molecule has 2 aliphatic rings. The third-order valence-electron chi connectivity index (χ3n) is 5.80. The molecule has 1 heterocycles. The van der Waals surface area contributed by atoms with E-state index in [-0.39, 0.29) is 31.3 Å². The van der Waals surface area contributed by atoms with Gasteiger partial charge in [0.25, 0.3) is 5.91 Å². The van der Waals surface area contributed by atoms with Gasteiger partial charge in [0.2, 0.25) is 5.91 Å². The van der Waals surface area contributed by atoms with Gasteiger partial charge >= 0.3 is 5.97 Å². The Bertz CT molecular complexity index is 749. The highest BCUT2D eigenvalue weighted by Crippen LogP contribution is 2.30. The summed E-state index contributed by atoms with van der Waals surface area (Å²) in [5.74, 6) is -1.50. The highest BCUT2D eigenvalue weighted by molar-refractivity contribution is 6.01. The van der Waals surface area contributed by atoms with Crippen molar-refractivity contribution >= 4 is 17.8 Å². The third-order valence-corrected chi connectivity index (χ3v) is 5.80. The summed E-state index contributed by atoms with van der Waals surface area (Å²) in [4.78, 5) is 36.7. The maximum Gasteiger partial charge on any atom is 0.303 e. The molecular weight excluding hydrogens is 346 g/mol. The number of carbonyl (C=O) groups excluding carboxylic acids is 2. The van der Waals surface area contributed by atoms with Crippen LogP contribution in [0, 0.1) is 5.92 Å². The van der Waals surface area contributed by atoms with Crippen molar-refractivity contribution in [2.45, 2.75) is 63.6 Å². The lowest BCUT2D eigenvalue weighted by atomic mass is 9.81. The van der Waals surface area contributed by atoms with E-state index in [1.165, 1.54) is 17.7 Å². The number of amides is 2. The van der Waals surface area contributed by atoms with Crippen LogP contribution in [0.25, 0.3) is 0 Å². The minimum absolute atomic E-state index is 0.0220. The molecule has 3 rings (SSSR count). The first kappa shape index (κ1) is 19.4. The third kappa shape index (κ3) is 4.30. The second-order valence-corrected chi connectivity index (χ2v) is 7.69. The molecule has 1 saturated carbocycles. The summed E-state index contributed by atoms with van der Waals surface area (Å²) in [5.41, 5.74) is 14.3. The molecule has 1 aliphatic carbocycles. The Morgan fingerprint density at radius 3 is 2.67 bits per heavy atom. The topological polar surface area (TPSA) is 127 Å². The van der Waals surface area contributed by atoms with Crippen LogP contribution in [0.4, 0.5) is 0 Å². The number of aliphatic carboxylic acids is 1. The molecule has 5 N–H and O–H groups in total. The zero-order valence-electron chi connectivity index (χ0n) is 15.4. The van der Waals surface area contributed by atoms with E-state index in [1.807, 2.05) is 12.1 Å². The number of fused-ring (bicyclic) bond motifs is 1. The highest BCUT2D eigenvalue weighted by atomic mass is 16.4. The van der Waals surface area contributed by atoms with E-state index in [2.05, 4.69) is 0 Å². The molecule has 0 unspecified atom stereocenters. The lowest BCUT2D eigenvalue weighted by Gasteiger charge is -2.28. The fourth-order valence-electron chi connectivity index (χ4n) is 4.28. The predicted octanol–water partition coefficient (Wildman–Crippen LogP) is 1.42. The molecule has 2 amide bonds. The minimum Gasteiger partial charge on any atom is -0.481 e. The number of carboxylic acid groups (broad SMARTS) is 1. The molecule has 1 aromatic carbocycles. The number of hydrogen-bond donors (Lipinski definition) is 3. The first-order chi connectivity index (χ1) is 12.9. The monoisotopic (exact) mass is 373 g/mol. The highest BCUT2D eigenvalue weighted by Gasteiger charge is 2.35. The molecule has 0 bridgehead atoms. The second kappa shape index (κ2) is 8.08. The van der Waals surface area contributed by atoms with Crippen LogP contribution in [0.15, 0.2) is 18.2 Å². The molecule has 146 valence electrons. The van der Waals surface area contributed by atoms with Crippen molar-refractivity contribution in [3.63, 3.8) is 0 Å². The Kier molecular flexibility index (Phi) is 5.79. The van der Waals surface area contributed by atoms with Gasteiger partial charge in [-0.25, -0.2) is 0 Å². The number of carbonyl (C=O) groups is 3. The molecule has 0 radical (unpaired) electrons. The molecule has 0 spiro atoms. The average Bonchev–Trinajstić information content (AvgIpc) is 2.93. The van der Waals surface area contributed by atoms with Gasteiger partial charge < -0.3 is 21.5 Å². The first-order valence-electron chi connectivity index (χ1n) is 9.56. The molecule has 7 heteroatoms. The van der Waals surface area contributed by atoms with Crippen LogP contribution in [-0.2, 0) is 22.6 Å². The van der Waals surface area contributed by atoms with E-state index in [4.69, 9.17) is 16.6 Å². The lowest BCUT2D eigenvalue weighted by Crippen LogP contribution is -2.45. The van der Waals surface area contributed by atoms with Crippen LogP contribution in [-0.4, -0.2) is 39.9 Å². The van der Waals surface area contributed by atoms with E-state index in [0.29, 0.717) is 11.5 Å². The van der Waals surface area contributed by atoms with Crippen LogP contribution in [0.5, 0.6) is 0 Å². The molecule has 1 fully saturated rings. The Labute approximate surface area is 158 Å². The minimum atomic E-state index is -1.02. The predicted molar refractivity (Wildman–Crippen MR) is 99.8 cm³/mol. The summed E-state index contributed by atoms with van der Waals surface area (Å²) in [6.07, 6.45) is 5.29. The largest absolute Gasteiger partial charge is 0.481 e. The van der Waals surface area contributed by atoms with Crippen molar-refractivity contribution in [3.8, 4) is 0 Å². The van der Waals surface area contributed by atoms with Gasteiger partial charge in [0.05, 0.1) is 0 Å². The molecule has 1 aliphatic heterocycles. The maximum absolute atomic E-state index is 12.7. The van der Waals surface area contributed by atoms with Crippen molar-refractivity contribution in [2.75, 3.05) is 0 Å². The normalized spacial score (nSPS) is 23.1. The number of nitrogens with zero attached hydrogens (tertiary/aromatic N) is 1. The van der Waals surface area contributed by atoms with Gasteiger partial charge in [-0.05, 0) is 48.8 Å². The fraction of sp³-hybridized carbons (Fsp3) is 0.550. The molecule has 3 atom stereocenters. The van der Waals surface area contributed by atoms with E-state index >= 15 is 0 Å². The standard InChI is InChI=1S/C20H27N3O4/c21-16-4-2-1-3-13(16)9-12-5-6-15-14(10-12)11-23(20(15)27)17(19(22)26)7-8-18(24)25/h5-6,10,13,16-17H,1-4,7-9,11,21H2,(H2,22,26)(H,24,25)/t13-,16+,17+/m1/s1. The van der Waals surface area contributed by atoms with Crippen molar-refractivity contribution in [1.29, 1.82) is 0 Å². The summed E-state index contributed by atoms with van der Waals surface area (Å²) >= 11 is 0. The molecule has 0 saturated heterocycles. The summed E-state index contributed by atoms with van der Waals surface area (Å²) in [6, 6.07) is 5.09. The quantitative estimate of drug-likeness (QED) is 0.666. The van der Waals surface area contributed by atoms with Gasteiger partial charge in [0.1, 0.15) is 6.04 Å². The van der Waals surface area contributed by atoms with Crippen molar-refractivity contribution in [3.05, 3.63) is 34.9 Å². The number of rotatable bonds is 7. The summed E-state index contributed by atoms with van der Waals surface area (Å²) in [7, 11) is 0. The van der Waals surface area contributed by atoms with Gasteiger partial charge in [-0.2, -0.15) is 0 Å². The summed E-state index contributed by atoms with van der Waals surface area (Å²) in [6.45, 7) is 0.284. The zero-order valence-corrected chi connectivity index (χ0v) is 15.4. The maximum atomic E-state index is 12.7. The van der Waals surface area contributed by atoms with E-state index < -0.39 is 17.9 Å². The summed E-state index contributed by atoms with van der Waals surface area (Å²) < 4.78 is 0. The smallest absolute Gasteiger partial charge is 0.303 e. The van der Waals surface area contributed by atoms with Crippen molar-refractivity contribution in [2.24, 2.45) is 17.4 Å². The van der Waals surface area contributed by atoms with Crippen LogP contribution < -0.4 is 11.5 Å². The molecule has 27 heavy (non-hydrogen) atoms. The number of hydrogen-bond acceptors (Lipinski definition) is 4. The van der Waals surface area contributed by atoms with Crippen molar-refractivity contribution < 1.29 is 19.5 Å². The van der Waals surface area contributed by atoms with E-state index in [1.54, 1.807) is 6.07 Å². The molecule has 0 aromatic heterocycles. The van der Waals surface area contributed by atoms with Gasteiger partial charge in [-0.1, -0.05) is 25.0 Å². The van der Waals surface area contributed by atoms with Crippen molar-refractivity contribution in [1.82, 2.24) is 4.90 Å². The number of benzene rings is 1. The second-order valence-electron chi connectivity index (χ2n) is 7.69. The molecule has 1 aromatic rings. The van der Waals surface area contributed by atoms with Gasteiger partial charge in [-0.3, -0.25) is 14.4 Å².